The number of hydrogen-bond donors (Lipinski definition) is 1. The molecule has 0 spiro atoms. The Morgan fingerprint density at radius 3 is 2.50 bits per heavy atom. The molecule has 3 aromatic rings. The molecule has 0 atom stereocenters. The van der Waals surface area contributed by atoms with Crippen LogP contribution in [0, 0.1) is 6.92 Å². The predicted molar refractivity (Wildman–Crippen MR) is 122 cm³/mol. The number of carbonyl (C=O) groups excluding carboxylic acids is 1. The first-order valence-corrected chi connectivity index (χ1v) is 10.0. The average molecular weight is 405 g/mol. The van der Waals surface area contributed by atoms with E-state index in [1.807, 2.05) is 62.4 Å². The molecule has 0 saturated carbocycles. The van der Waals surface area contributed by atoms with Crippen LogP contribution in [0.3, 0.4) is 0 Å². The molecular formula is C25H28N2O3. The van der Waals surface area contributed by atoms with Crippen molar-refractivity contribution in [2.45, 2.75) is 33.6 Å². The zero-order valence-corrected chi connectivity index (χ0v) is 18.2. The lowest BCUT2D eigenvalue weighted by molar-refractivity contribution is -0.123. The third kappa shape index (κ3) is 5.17. The Hall–Kier alpha value is -3.34. The van der Waals surface area contributed by atoms with Gasteiger partial charge in [0.1, 0.15) is 11.5 Å². The number of benzene rings is 3. The van der Waals surface area contributed by atoms with Crippen LogP contribution in [0.4, 0.5) is 0 Å². The number of nitrogens with zero attached hydrogens (tertiary/aromatic N) is 1. The summed E-state index contributed by atoms with van der Waals surface area (Å²) in [5.41, 5.74) is 6.43. The van der Waals surface area contributed by atoms with Crippen LogP contribution in [0.25, 0.3) is 10.8 Å². The number of nitrogens with one attached hydrogen (secondary N) is 1. The molecule has 3 rings (SSSR count). The molecule has 0 bridgehead atoms. The molecule has 0 aromatic heterocycles. The number of methoxy groups -OCH3 is 1. The van der Waals surface area contributed by atoms with Crippen molar-refractivity contribution in [1.29, 1.82) is 0 Å². The molecule has 0 heterocycles. The van der Waals surface area contributed by atoms with E-state index in [1.165, 1.54) is 0 Å². The van der Waals surface area contributed by atoms with Crippen LogP contribution in [0.1, 0.15) is 43.4 Å². The van der Waals surface area contributed by atoms with Gasteiger partial charge in [-0.3, -0.25) is 4.79 Å². The van der Waals surface area contributed by atoms with Crippen LogP contribution in [0.15, 0.2) is 59.7 Å². The number of hydrazone groups is 1. The summed E-state index contributed by atoms with van der Waals surface area (Å²) in [6.07, 6.45) is 0. The van der Waals surface area contributed by atoms with E-state index in [0.29, 0.717) is 5.92 Å². The summed E-state index contributed by atoms with van der Waals surface area (Å²) in [5.74, 6) is 1.58. The Morgan fingerprint density at radius 1 is 1.03 bits per heavy atom. The molecule has 0 fully saturated rings. The Bertz CT molecular complexity index is 1090. The van der Waals surface area contributed by atoms with E-state index in [9.17, 15) is 4.79 Å². The molecule has 5 nitrogen and oxygen atoms in total. The van der Waals surface area contributed by atoms with Crippen LogP contribution >= 0.6 is 0 Å². The summed E-state index contributed by atoms with van der Waals surface area (Å²) < 4.78 is 11.0. The highest BCUT2D eigenvalue weighted by Crippen LogP contribution is 2.27. The predicted octanol–water partition coefficient (Wildman–Crippen LogP) is 5.20. The van der Waals surface area contributed by atoms with Gasteiger partial charge in [0, 0.05) is 0 Å². The molecule has 5 heteroatoms. The molecule has 3 aromatic carbocycles. The van der Waals surface area contributed by atoms with Crippen molar-refractivity contribution in [1.82, 2.24) is 5.43 Å². The topological polar surface area (TPSA) is 59.9 Å². The number of aryl methyl sites for hydroxylation is 1. The van der Waals surface area contributed by atoms with Crippen molar-refractivity contribution >= 4 is 22.4 Å². The first-order valence-electron chi connectivity index (χ1n) is 10.0. The first kappa shape index (κ1) is 21.4. The van der Waals surface area contributed by atoms with E-state index in [4.69, 9.17) is 9.47 Å². The van der Waals surface area contributed by atoms with Gasteiger partial charge < -0.3 is 9.47 Å². The van der Waals surface area contributed by atoms with Crippen LogP contribution in [0.2, 0.25) is 0 Å². The maximum Gasteiger partial charge on any atom is 0.277 e. The van der Waals surface area contributed by atoms with Gasteiger partial charge in [-0.1, -0.05) is 44.2 Å². The average Bonchev–Trinajstić information content (AvgIpc) is 2.75. The first-order chi connectivity index (χ1) is 14.4. The van der Waals surface area contributed by atoms with E-state index in [-0.39, 0.29) is 12.5 Å². The van der Waals surface area contributed by atoms with Crippen molar-refractivity contribution < 1.29 is 14.3 Å². The second-order valence-corrected chi connectivity index (χ2v) is 7.64. The van der Waals surface area contributed by atoms with Crippen molar-refractivity contribution in [2.75, 3.05) is 13.7 Å². The van der Waals surface area contributed by atoms with Crippen LogP contribution < -0.4 is 14.9 Å². The van der Waals surface area contributed by atoms with Gasteiger partial charge in [-0.25, -0.2) is 5.43 Å². The van der Waals surface area contributed by atoms with Gasteiger partial charge in [0.2, 0.25) is 0 Å². The molecule has 30 heavy (non-hydrogen) atoms. The SMILES string of the molecule is COc1ccc2cc(C(C)=NNC(=O)COc3cc(C)ccc3C(C)C)ccc2c1. The fourth-order valence-electron chi connectivity index (χ4n) is 3.21. The molecule has 0 radical (unpaired) electrons. The summed E-state index contributed by atoms with van der Waals surface area (Å²) in [5, 5.41) is 6.40. The fraction of sp³-hybridized carbons (Fsp3) is 0.280. The van der Waals surface area contributed by atoms with Crippen LogP contribution in [-0.4, -0.2) is 25.3 Å². The second kappa shape index (κ2) is 9.44. The third-order valence-electron chi connectivity index (χ3n) is 4.96. The zero-order valence-electron chi connectivity index (χ0n) is 18.2. The van der Waals surface area contributed by atoms with Crippen LogP contribution in [0.5, 0.6) is 11.5 Å². The molecular weight excluding hydrogens is 376 g/mol. The van der Waals surface area contributed by atoms with Gasteiger partial charge in [0.05, 0.1) is 12.8 Å². The highest BCUT2D eigenvalue weighted by Gasteiger charge is 2.10. The van der Waals surface area contributed by atoms with E-state index in [0.717, 1.165) is 44.7 Å². The molecule has 1 N–H and O–H groups in total. The summed E-state index contributed by atoms with van der Waals surface area (Å²) in [4.78, 5) is 12.2. The lowest BCUT2D eigenvalue weighted by Gasteiger charge is -2.14. The van der Waals surface area contributed by atoms with Gasteiger partial charge in [0.15, 0.2) is 6.61 Å². The molecule has 0 aliphatic carbocycles. The van der Waals surface area contributed by atoms with Gasteiger partial charge >= 0.3 is 0 Å². The third-order valence-corrected chi connectivity index (χ3v) is 4.96. The minimum Gasteiger partial charge on any atom is -0.497 e. The normalized spacial score (nSPS) is 11.6. The lowest BCUT2D eigenvalue weighted by Crippen LogP contribution is -2.26. The molecule has 0 saturated heterocycles. The Balaban J connectivity index is 1.65. The van der Waals surface area contributed by atoms with Gasteiger partial charge in [-0.2, -0.15) is 5.10 Å². The van der Waals surface area contributed by atoms with E-state index >= 15 is 0 Å². The summed E-state index contributed by atoms with van der Waals surface area (Å²) in [6.45, 7) is 7.99. The van der Waals surface area contributed by atoms with Crippen LogP contribution in [-0.2, 0) is 4.79 Å². The summed E-state index contributed by atoms with van der Waals surface area (Å²) >= 11 is 0. The van der Waals surface area contributed by atoms with E-state index in [2.05, 4.69) is 30.4 Å². The van der Waals surface area contributed by atoms with Crippen molar-refractivity contribution in [3.05, 3.63) is 71.3 Å². The second-order valence-electron chi connectivity index (χ2n) is 7.64. The van der Waals surface area contributed by atoms with E-state index < -0.39 is 0 Å². The zero-order chi connectivity index (χ0) is 21.7. The van der Waals surface area contributed by atoms with Crippen molar-refractivity contribution in [2.24, 2.45) is 5.10 Å². The summed E-state index contributed by atoms with van der Waals surface area (Å²) in [7, 11) is 1.65. The number of fused-ring (bicyclic) bond motifs is 1. The number of carbonyl (C=O) groups is 1. The molecule has 0 aliphatic rings. The molecule has 0 aliphatic heterocycles. The van der Waals surface area contributed by atoms with Crippen molar-refractivity contribution in [3.63, 3.8) is 0 Å². The Morgan fingerprint density at radius 2 is 1.77 bits per heavy atom. The lowest BCUT2D eigenvalue weighted by atomic mass is 10.0. The molecule has 0 unspecified atom stereocenters. The maximum atomic E-state index is 12.2. The van der Waals surface area contributed by atoms with Gasteiger partial charge in [-0.05, 0) is 71.5 Å². The fourth-order valence-corrected chi connectivity index (χ4v) is 3.21. The maximum absolute atomic E-state index is 12.2. The quantitative estimate of drug-likeness (QED) is 0.435. The monoisotopic (exact) mass is 404 g/mol. The van der Waals surface area contributed by atoms with Crippen molar-refractivity contribution in [3.8, 4) is 11.5 Å². The summed E-state index contributed by atoms with van der Waals surface area (Å²) in [6, 6.07) is 18.0. The minimum atomic E-state index is -0.295. The largest absolute Gasteiger partial charge is 0.497 e. The highest BCUT2D eigenvalue weighted by molar-refractivity contribution is 6.02. The number of rotatable bonds is 7. The Labute approximate surface area is 177 Å². The minimum absolute atomic E-state index is 0.0858. The van der Waals surface area contributed by atoms with Gasteiger partial charge in [-0.15, -0.1) is 0 Å². The Kier molecular flexibility index (Phi) is 6.72. The number of amides is 1. The highest BCUT2D eigenvalue weighted by atomic mass is 16.5. The molecule has 156 valence electrons. The standard InChI is InChI=1S/C25H28N2O3/c1-16(2)23-11-6-17(3)12-24(23)30-15-25(28)27-26-18(4)19-7-8-21-14-22(29-5)10-9-20(21)13-19/h6-14,16H,15H2,1-5H3,(H,27,28). The number of hydrogen-bond acceptors (Lipinski definition) is 4. The molecule has 1 amide bonds. The smallest absolute Gasteiger partial charge is 0.277 e. The number of ether oxygens (including phenoxy) is 2. The van der Waals surface area contributed by atoms with E-state index in [1.54, 1.807) is 7.11 Å². The van der Waals surface area contributed by atoms with Gasteiger partial charge in [0.25, 0.3) is 5.91 Å².